The molecule has 1 nitrogen and oxygen atoms in total. The second-order valence-corrected chi connectivity index (χ2v) is 3.43. The third-order valence-electron chi connectivity index (χ3n) is 1.78. The molecule has 0 radical (unpaired) electrons. The largest absolute Gasteiger partial charge is 0.419 e. The molecule has 88 valence electrons. The standard InChI is InChI=1S/C9H4BrF5O/c10-3-8(16)4-1-7(12)5(2-6(4)11)9(13,14)15/h1-2H,3H2. The topological polar surface area (TPSA) is 17.1 Å². The van der Waals surface area contributed by atoms with Crippen molar-refractivity contribution in [1.82, 2.24) is 0 Å². The summed E-state index contributed by atoms with van der Waals surface area (Å²) in [5, 5.41) is -0.297. The number of Topliss-reactive ketones (excluding diaryl/α,β-unsaturated/α-hetero) is 1. The van der Waals surface area contributed by atoms with Gasteiger partial charge < -0.3 is 0 Å². The van der Waals surface area contributed by atoms with E-state index < -0.39 is 34.7 Å². The SMILES string of the molecule is O=C(CBr)c1cc(F)c(C(F)(F)F)cc1F. The van der Waals surface area contributed by atoms with E-state index >= 15 is 0 Å². The number of carbonyl (C=O) groups excluding carboxylic acids is 1. The molecule has 0 spiro atoms. The molecule has 0 atom stereocenters. The minimum absolute atomic E-state index is 0.0226. The van der Waals surface area contributed by atoms with E-state index in [1.54, 1.807) is 0 Å². The predicted molar refractivity (Wildman–Crippen MR) is 49.5 cm³/mol. The Morgan fingerprint density at radius 1 is 1.19 bits per heavy atom. The first-order chi connectivity index (χ1) is 7.27. The second kappa shape index (κ2) is 4.48. The van der Waals surface area contributed by atoms with E-state index in [-0.39, 0.29) is 17.5 Å². The lowest BCUT2D eigenvalue weighted by atomic mass is 10.1. The molecule has 0 aromatic heterocycles. The maximum atomic E-state index is 13.1. The molecule has 0 unspecified atom stereocenters. The first-order valence-corrected chi connectivity index (χ1v) is 5.05. The van der Waals surface area contributed by atoms with E-state index in [1.165, 1.54) is 0 Å². The summed E-state index contributed by atoms with van der Waals surface area (Å²) in [6.45, 7) is 0. The van der Waals surface area contributed by atoms with E-state index in [9.17, 15) is 26.7 Å². The van der Waals surface area contributed by atoms with E-state index in [4.69, 9.17) is 0 Å². The number of hydrogen-bond acceptors (Lipinski definition) is 1. The van der Waals surface area contributed by atoms with Gasteiger partial charge in [-0.3, -0.25) is 4.79 Å². The van der Waals surface area contributed by atoms with Gasteiger partial charge in [-0.05, 0) is 12.1 Å². The summed E-state index contributed by atoms with van der Waals surface area (Å²) in [6.07, 6.45) is -4.99. The normalized spacial score (nSPS) is 11.6. The van der Waals surface area contributed by atoms with Gasteiger partial charge in [-0.25, -0.2) is 8.78 Å². The molecule has 0 N–H and O–H groups in total. The van der Waals surface area contributed by atoms with Gasteiger partial charge in [0.05, 0.1) is 16.5 Å². The molecule has 1 aromatic rings. The monoisotopic (exact) mass is 302 g/mol. The van der Waals surface area contributed by atoms with Crippen LogP contribution in [0.2, 0.25) is 0 Å². The van der Waals surface area contributed by atoms with Gasteiger partial charge in [-0.1, -0.05) is 15.9 Å². The van der Waals surface area contributed by atoms with Crippen LogP contribution in [0.3, 0.4) is 0 Å². The van der Waals surface area contributed by atoms with Crippen molar-refractivity contribution in [2.75, 3.05) is 5.33 Å². The van der Waals surface area contributed by atoms with Crippen molar-refractivity contribution in [3.63, 3.8) is 0 Å². The lowest BCUT2D eigenvalue weighted by Gasteiger charge is -2.09. The number of benzene rings is 1. The Hall–Kier alpha value is -0.980. The van der Waals surface area contributed by atoms with Gasteiger partial charge in [-0.2, -0.15) is 13.2 Å². The molecule has 0 bridgehead atoms. The van der Waals surface area contributed by atoms with Crippen LogP contribution >= 0.6 is 15.9 Å². The number of carbonyl (C=O) groups is 1. The summed E-state index contributed by atoms with van der Waals surface area (Å²) in [6, 6.07) is 0.229. The van der Waals surface area contributed by atoms with Gasteiger partial charge >= 0.3 is 6.18 Å². The Labute approximate surface area is 95.4 Å². The Bertz CT molecular complexity index is 427. The summed E-state index contributed by atoms with van der Waals surface area (Å²) in [5.74, 6) is -3.89. The summed E-state index contributed by atoms with van der Waals surface area (Å²) >= 11 is 2.71. The quantitative estimate of drug-likeness (QED) is 0.464. The van der Waals surface area contributed by atoms with Crippen molar-refractivity contribution in [2.24, 2.45) is 0 Å². The van der Waals surface area contributed by atoms with Crippen molar-refractivity contribution in [3.8, 4) is 0 Å². The van der Waals surface area contributed by atoms with Crippen molar-refractivity contribution < 1.29 is 26.7 Å². The van der Waals surface area contributed by atoms with Crippen LogP contribution in [-0.2, 0) is 6.18 Å². The predicted octanol–water partition coefficient (Wildman–Crippen LogP) is 3.56. The minimum Gasteiger partial charge on any atom is -0.293 e. The molecule has 0 amide bonds. The van der Waals surface area contributed by atoms with Crippen LogP contribution < -0.4 is 0 Å². The zero-order valence-electron chi connectivity index (χ0n) is 7.54. The van der Waals surface area contributed by atoms with Crippen LogP contribution in [0, 0.1) is 11.6 Å². The summed E-state index contributed by atoms with van der Waals surface area (Å²) in [4.78, 5) is 11.0. The van der Waals surface area contributed by atoms with Crippen LogP contribution in [-0.4, -0.2) is 11.1 Å². The molecule has 0 fully saturated rings. The first kappa shape index (κ1) is 13.1. The number of alkyl halides is 4. The Kier molecular flexibility index (Phi) is 3.67. The van der Waals surface area contributed by atoms with Crippen molar-refractivity contribution in [3.05, 3.63) is 34.9 Å². The minimum atomic E-state index is -4.99. The number of hydrogen-bond donors (Lipinski definition) is 0. The van der Waals surface area contributed by atoms with Crippen molar-refractivity contribution >= 4 is 21.7 Å². The highest BCUT2D eigenvalue weighted by Gasteiger charge is 2.35. The zero-order chi connectivity index (χ0) is 12.5. The molecule has 0 aliphatic heterocycles. The van der Waals surface area contributed by atoms with Crippen LogP contribution in [0.1, 0.15) is 15.9 Å². The van der Waals surface area contributed by atoms with Gasteiger partial charge in [0.15, 0.2) is 5.78 Å². The van der Waals surface area contributed by atoms with Crippen LogP contribution in [0.25, 0.3) is 0 Å². The average Bonchev–Trinajstić information content (AvgIpc) is 2.18. The van der Waals surface area contributed by atoms with Gasteiger partial charge in [0.25, 0.3) is 0 Å². The molecule has 0 aliphatic carbocycles. The molecule has 1 aromatic carbocycles. The summed E-state index contributed by atoms with van der Waals surface area (Å²) in [7, 11) is 0. The Morgan fingerprint density at radius 3 is 2.19 bits per heavy atom. The van der Waals surface area contributed by atoms with Crippen LogP contribution in [0.4, 0.5) is 22.0 Å². The van der Waals surface area contributed by atoms with E-state index in [1.807, 2.05) is 0 Å². The van der Waals surface area contributed by atoms with E-state index in [0.29, 0.717) is 0 Å². The van der Waals surface area contributed by atoms with Crippen molar-refractivity contribution in [2.45, 2.75) is 6.18 Å². The second-order valence-electron chi connectivity index (χ2n) is 2.87. The van der Waals surface area contributed by atoms with Gasteiger partial charge in [0.2, 0.25) is 0 Å². The zero-order valence-corrected chi connectivity index (χ0v) is 9.12. The highest BCUT2D eigenvalue weighted by atomic mass is 79.9. The highest BCUT2D eigenvalue weighted by Crippen LogP contribution is 2.32. The lowest BCUT2D eigenvalue weighted by molar-refractivity contribution is -0.140. The fourth-order valence-corrected chi connectivity index (χ4v) is 1.35. The molecule has 0 heterocycles. The maximum Gasteiger partial charge on any atom is 0.419 e. The maximum absolute atomic E-state index is 13.1. The Morgan fingerprint density at radius 2 is 1.75 bits per heavy atom. The van der Waals surface area contributed by atoms with Crippen LogP contribution in [0.15, 0.2) is 12.1 Å². The Balaban J connectivity index is 3.33. The molecule has 7 heteroatoms. The van der Waals surface area contributed by atoms with E-state index in [2.05, 4.69) is 15.9 Å². The number of ketones is 1. The molecule has 16 heavy (non-hydrogen) atoms. The molecular weight excluding hydrogens is 299 g/mol. The van der Waals surface area contributed by atoms with E-state index in [0.717, 1.165) is 0 Å². The van der Waals surface area contributed by atoms with Gasteiger partial charge in [0.1, 0.15) is 11.6 Å². The molecule has 1 rings (SSSR count). The highest BCUT2D eigenvalue weighted by molar-refractivity contribution is 9.09. The lowest BCUT2D eigenvalue weighted by Crippen LogP contribution is -2.12. The number of halogens is 6. The molecular formula is C9H4BrF5O. The van der Waals surface area contributed by atoms with Crippen molar-refractivity contribution in [1.29, 1.82) is 0 Å². The fraction of sp³-hybridized carbons (Fsp3) is 0.222. The third kappa shape index (κ3) is 2.58. The summed E-state index contributed by atoms with van der Waals surface area (Å²) in [5.41, 5.74) is -2.43. The van der Waals surface area contributed by atoms with Crippen LogP contribution in [0.5, 0.6) is 0 Å². The number of rotatable bonds is 2. The van der Waals surface area contributed by atoms with Gasteiger partial charge in [-0.15, -0.1) is 0 Å². The molecule has 0 aliphatic rings. The smallest absolute Gasteiger partial charge is 0.293 e. The van der Waals surface area contributed by atoms with Gasteiger partial charge in [0, 0.05) is 0 Å². The average molecular weight is 303 g/mol. The third-order valence-corrected chi connectivity index (χ3v) is 2.29. The molecule has 0 saturated carbocycles. The molecule has 0 saturated heterocycles. The fourth-order valence-electron chi connectivity index (χ4n) is 1.05. The first-order valence-electron chi connectivity index (χ1n) is 3.92. The summed E-state index contributed by atoms with van der Waals surface area (Å²) < 4.78 is 62.5.